The van der Waals surface area contributed by atoms with Crippen LogP contribution >= 0.6 is 0 Å². The van der Waals surface area contributed by atoms with Crippen LogP contribution in [0.25, 0.3) is 11.5 Å². The molecule has 0 amide bonds. The maximum Gasteiger partial charge on any atom is 0.417 e. The highest BCUT2D eigenvalue weighted by Gasteiger charge is 2.39. The van der Waals surface area contributed by atoms with Gasteiger partial charge in [0.15, 0.2) is 5.69 Å². The van der Waals surface area contributed by atoms with Gasteiger partial charge in [-0.15, -0.1) is 0 Å². The zero-order chi connectivity index (χ0) is 21.3. The number of benzene rings is 1. The van der Waals surface area contributed by atoms with Gasteiger partial charge in [0.05, 0.1) is 23.3 Å². The number of Topliss-reactive ketones (excluding diaryl/α,β-unsaturated/α-hetero) is 2. The number of oxazole rings is 1. The van der Waals surface area contributed by atoms with Crippen LogP contribution in [0.3, 0.4) is 0 Å². The number of halogens is 4. The number of fused-ring (bicyclic) bond motifs is 1. The number of aromatic nitrogens is 1. The van der Waals surface area contributed by atoms with Crippen LogP contribution in [-0.4, -0.2) is 54.3 Å². The summed E-state index contributed by atoms with van der Waals surface area (Å²) in [6.45, 7) is 1.03. The summed E-state index contributed by atoms with van der Waals surface area (Å²) >= 11 is 0. The summed E-state index contributed by atoms with van der Waals surface area (Å²) in [5, 5.41) is 0. The average Bonchev–Trinajstić information content (AvgIpc) is 3.07. The second-order valence-electron chi connectivity index (χ2n) is 6.77. The third kappa shape index (κ3) is 4.26. The number of carbonyl (C=O) groups is 2. The topological polar surface area (TPSA) is 75.8 Å². The van der Waals surface area contributed by atoms with E-state index in [4.69, 9.17) is 4.42 Å². The van der Waals surface area contributed by atoms with Gasteiger partial charge < -0.3 is 9.32 Å². The number of alkyl halides is 3. The van der Waals surface area contributed by atoms with Crippen molar-refractivity contribution in [3.05, 3.63) is 41.0 Å². The fourth-order valence-electron chi connectivity index (χ4n) is 2.93. The zero-order valence-electron chi connectivity index (χ0n) is 15.6. The van der Waals surface area contributed by atoms with Crippen LogP contribution in [0, 0.1) is 5.82 Å². The van der Waals surface area contributed by atoms with E-state index < -0.39 is 52.0 Å². The summed E-state index contributed by atoms with van der Waals surface area (Å²) < 4.78 is 59.0. The number of ketones is 2. The molecule has 0 atom stereocenters. The second-order valence-corrected chi connectivity index (χ2v) is 6.77. The fourth-order valence-corrected chi connectivity index (χ4v) is 2.93. The van der Waals surface area contributed by atoms with Gasteiger partial charge in [-0.3, -0.25) is 14.6 Å². The van der Waals surface area contributed by atoms with Crippen molar-refractivity contribution in [2.75, 3.05) is 27.2 Å². The number of rotatable bonds is 5. The first-order valence-electron chi connectivity index (χ1n) is 8.72. The van der Waals surface area contributed by atoms with Crippen molar-refractivity contribution in [3.63, 3.8) is 0 Å². The molecule has 1 aromatic heterocycles. The highest BCUT2D eigenvalue weighted by molar-refractivity contribution is 6.52. The molecule has 0 unspecified atom stereocenters. The maximum atomic E-state index is 14.2. The molecule has 154 valence electrons. The first-order chi connectivity index (χ1) is 13.6. The molecule has 3 rings (SSSR count). The molecular formula is C19H17F4N3O3. The predicted molar refractivity (Wildman–Crippen MR) is 95.7 cm³/mol. The van der Waals surface area contributed by atoms with Crippen molar-refractivity contribution in [2.24, 2.45) is 4.99 Å². The Kier molecular flexibility index (Phi) is 5.65. The smallest absolute Gasteiger partial charge is 0.417 e. The minimum atomic E-state index is -4.88. The molecule has 1 aliphatic rings. The largest absolute Gasteiger partial charge is 0.432 e. The lowest BCUT2D eigenvalue weighted by atomic mass is 9.97. The molecule has 1 heterocycles. The van der Waals surface area contributed by atoms with Crippen molar-refractivity contribution in [2.45, 2.75) is 19.0 Å². The molecule has 0 saturated carbocycles. The first kappa shape index (κ1) is 20.8. The minimum Gasteiger partial charge on any atom is -0.432 e. The van der Waals surface area contributed by atoms with Crippen LogP contribution in [0.15, 0.2) is 27.6 Å². The van der Waals surface area contributed by atoms with Gasteiger partial charge in [0, 0.05) is 6.54 Å². The highest BCUT2D eigenvalue weighted by atomic mass is 19.4. The Morgan fingerprint density at radius 2 is 1.97 bits per heavy atom. The van der Waals surface area contributed by atoms with E-state index in [-0.39, 0.29) is 12.1 Å². The van der Waals surface area contributed by atoms with Gasteiger partial charge in [0.2, 0.25) is 23.2 Å². The second kappa shape index (κ2) is 7.86. The van der Waals surface area contributed by atoms with Gasteiger partial charge in [-0.05, 0) is 39.2 Å². The molecule has 6 nitrogen and oxygen atoms in total. The summed E-state index contributed by atoms with van der Waals surface area (Å²) in [6, 6.07) is 2.39. The Labute approximate surface area is 163 Å². The average molecular weight is 411 g/mol. The van der Waals surface area contributed by atoms with Crippen LogP contribution in [0.2, 0.25) is 0 Å². The van der Waals surface area contributed by atoms with E-state index in [9.17, 15) is 27.2 Å². The summed E-state index contributed by atoms with van der Waals surface area (Å²) in [5.74, 6) is -3.82. The number of carbonyl (C=O) groups excluding carboxylic acids is 2. The maximum absolute atomic E-state index is 14.2. The first-order valence-corrected chi connectivity index (χ1v) is 8.72. The lowest BCUT2D eigenvalue weighted by Crippen LogP contribution is -2.27. The van der Waals surface area contributed by atoms with E-state index in [1.165, 1.54) is 0 Å². The lowest BCUT2D eigenvalue weighted by molar-refractivity contribution is -0.137. The molecule has 0 N–H and O–H groups in total. The standard InChI is InChI=1S/C19H17F4N3O3/c1-26(2)8-4-7-24-12-9-13(27)17-15(16(12)28)25-18(29-17)14-10(19(21,22)23)5-3-6-11(14)20/h3,5-6H,4,7-9H2,1-2H3. The normalized spacial score (nSPS) is 16.0. The molecule has 29 heavy (non-hydrogen) atoms. The molecule has 0 saturated heterocycles. The number of nitrogens with zero attached hydrogens (tertiary/aromatic N) is 3. The van der Waals surface area contributed by atoms with E-state index in [2.05, 4.69) is 9.98 Å². The monoisotopic (exact) mass is 411 g/mol. The van der Waals surface area contributed by atoms with Crippen LogP contribution < -0.4 is 0 Å². The summed E-state index contributed by atoms with van der Waals surface area (Å²) in [5.41, 5.74) is -2.74. The van der Waals surface area contributed by atoms with Crippen molar-refractivity contribution >= 4 is 17.3 Å². The van der Waals surface area contributed by atoms with Gasteiger partial charge in [0.25, 0.3) is 0 Å². The molecule has 1 aliphatic carbocycles. The molecule has 10 heteroatoms. The lowest BCUT2D eigenvalue weighted by Gasteiger charge is -2.10. The van der Waals surface area contributed by atoms with Crippen molar-refractivity contribution in [1.82, 2.24) is 9.88 Å². The zero-order valence-corrected chi connectivity index (χ0v) is 15.6. The van der Waals surface area contributed by atoms with Crippen LogP contribution in [0.1, 0.15) is 39.4 Å². The number of hydrogen-bond donors (Lipinski definition) is 0. The Balaban J connectivity index is 1.98. The molecule has 0 radical (unpaired) electrons. The van der Waals surface area contributed by atoms with Crippen LogP contribution in [-0.2, 0) is 6.18 Å². The van der Waals surface area contributed by atoms with E-state index >= 15 is 0 Å². The molecule has 1 aromatic carbocycles. The fraction of sp³-hybridized carbons (Fsp3) is 0.368. The Morgan fingerprint density at radius 3 is 2.62 bits per heavy atom. The van der Waals surface area contributed by atoms with E-state index in [1.54, 1.807) is 0 Å². The van der Waals surface area contributed by atoms with Crippen LogP contribution in [0.5, 0.6) is 0 Å². The van der Waals surface area contributed by atoms with Gasteiger partial charge in [-0.25, -0.2) is 9.37 Å². The van der Waals surface area contributed by atoms with E-state index in [1.807, 2.05) is 19.0 Å². The van der Waals surface area contributed by atoms with Crippen molar-refractivity contribution in [1.29, 1.82) is 0 Å². The molecule has 0 bridgehead atoms. The van der Waals surface area contributed by atoms with Gasteiger partial charge in [0.1, 0.15) is 5.82 Å². The van der Waals surface area contributed by atoms with Crippen LogP contribution in [0.4, 0.5) is 17.6 Å². The number of aliphatic imine (C=N–C) groups is 1. The summed E-state index contributed by atoms with van der Waals surface area (Å²) in [6.07, 6.45) is -4.57. The van der Waals surface area contributed by atoms with Gasteiger partial charge in [-0.2, -0.15) is 13.2 Å². The molecule has 0 aliphatic heterocycles. The third-order valence-electron chi connectivity index (χ3n) is 4.28. The molecule has 2 aromatic rings. The predicted octanol–water partition coefficient (Wildman–Crippen LogP) is 3.66. The quantitative estimate of drug-likeness (QED) is 0.555. The van der Waals surface area contributed by atoms with Gasteiger partial charge in [-0.1, -0.05) is 6.07 Å². The van der Waals surface area contributed by atoms with Gasteiger partial charge >= 0.3 is 6.18 Å². The Hall–Kier alpha value is -2.88. The van der Waals surface area contributed by atoms with Crippen molar-refractivity contribution < 1.29 is 31.6 Å². The SMILES string of the molecule is CN(C)CCCN=C1CC(=O)c2oc(-c3c(F)cccc3C(F)(F)F)nc2C1=O. The minimum absolute atomic E-state index is 0.0364. The van der Waals surface area contributed by atoms with Crippen molar-refractivity contribution in [3.8, 4) is 11.5 Å². The summed E-state index contributed by atoms with van der Waals surface area (Å²) in [7, 11) is 3.76. The molecular weight excluding hydrogens is 394 g/mol. The molecule has 0 spiro atoms. The number of hydrogen-bond acceptors (Lipinski definition) is 6. The molecule has 0 fully saturated rings. The van der Waals surface area contributed by atoms with E-state index in [0.29, 0.717) is 19.0 Å². The summed E-state index contributed by atoms with van der Waals surface area (Å²) in [4.78, 5) is 34.7. The Morgan fingerprint density at radius 1 is 1.24 bits per heavy atom. The Bertz CT molecular complexity index is 993. The third-order valence-corrected chi connectivity index (χ3v) is 4.28. The van der Waals surface area contributed by atoms with E-state index in [0.717, 1.165) is 18.7 Å². The highest BCUT2D eigenvalue weighted by Crippen LogP contribution is 2.39.